The summed E-state index contributed by atoms with van der Waals surface area (Å²) in [5.74, 6) is 1.89. The normalized spacial score (nSPS) is 14.6. The average Bonchev–Trinajstić information content (AvgIpc) is 3.22. The lowest BCUT2D eigenvalue weighted by molar-refractivity contribution is 0.299. The lowest BCUT2D eigenvalue weighted by atomic mass is 10.0. The molecule has 0 amide bonds. The van der Waals surface area contributed by atoms with Crippen molar-refractivity contribution < 1.29 is 4.74 Å². The minimum Gasteiger partial charge on any atom is -0.493 e. The smallest absolute Gasteiger partial charge is 0.119 e. The highest BCUT2D eigenvalue weighted by Crippen LogP contribution is 2.30. The van der Waals surface area contributed by atoms with Crippen LogP contribution in [0.15, 0.2) is 18.2 Å². The van der Waals surface area contributed by atoms with E-state index in [0.717, 1.165) is 18.3 Å². The van der Waals surface area contributed by atoms with Crippen LogP contribution in [0.2, 0.25) is 0 Å². The Morgan fingerprint density at radius 3 is 2.58 bits per heavy atom. The molecule has 1 aliphatic carbocycles. The van der Waals surface area contributed by atoms with Crippen molar-refractivity contribution in [2.45, 2.75) is 65.2 Å². The lowest BCUT2D eigenvalue weighted by Gasteiger charge is -2.10. The van der Waals surface area contributed by atoms with Crippen LogP contribution in [0.1, 0.15) is 63.0 Å². The zero-order valence-electron chi connectivity index (χ0n) is 12.6. The van der Waals surface area contributed by atoms with Crippen LogP contribution in [-0.4, -0.2) is 6.61 Å². The third kappa shape index (κ3) is 5.26. The SMILES string of the molecule is CCCCCCCc1ccc(OCC2CC2)cc1C. The van der Waals surface area contributed by atoms with E-state index in [9.17, 15) is 0 Å². The Hall–Kier alpha value is -0.980. The van der Waals surface area contributed by atoms with Gasteiger partial charge in [-0.2, -0.15) is 0 Å². The Kier molecular flexibility index (Phi) is 5.75. The van der Waals surface area contributed by atoms with Crippen LogP contribution in [0, 0.1) is 12.8 Å². The van der Waals surface area contributed by atoms with E-state index in [0.29, 0.717) is 0 Å². The maximum absolute atomic E-state index is 5.82. The van der Waals surface area contributed by atoms with E-state index in [-0.39, 0.29) is 0 Å². The van der Waals surface area contributed by atoms with Crippen LogP contribution < -0.4 is 4.74 Å². The molecule has 1 aromatic carbocycles. The fraction of sp³-hybridized carbons (Fsp3) is 0.667. The van der Waals surface area contributed by atoms with Gasteiger partial charge in [0, 0.05) is 0 Å². The Labute approximate surface area is 118 Å². The molecule has 0 heterocycles. The van der Waals surface area contributed by atoms with Crippen molar-refractivity contribution in [2.24, 2.45) is 5.92 Å². The maximum atomic E-state index is 5.82. The van der Waals surface area contributed by atoms with Gasteiger partial charge in [-0.15, -0.1) is 0 Å². The van der Waals surface area contributed by atoms with Crippen molar-refractivity contribution in [2.75, 3.05) is 6.61 Å². The summed E-state index contributed by atoms with van der Waals surface area (Å²) in [5.41, 5.74) is 2.89. The first-order chi connectivity index (χ1) is 9.29. The molecular weight excluding hydrogens is 232 g/mol. The molecule has 0 spiro atoms. The van der Waals surface area contributed by atoms with E-state index in [1.807, 2.05) is 0 Å². The summed E-state index contributed by atoms with van der Waals surface area (Å²) in [6.07, 6.45) is 10.7. The van der Waals surface area contributed by atoms with Gasteiger partial charge in [-0.3, -0.25) is 0 Å². The van der Waals surface area contributed by atoms with Gasteiger partial charge in [0.2, 0.25) is 0 Å². The highest BCUT2D eigenvalue weighted by Gasteiger charge is 2.21. The van der Waals surface area contributed by atoms with Gasteiger partial charge < -0.3 is 4.74 Å². The number of aryl methyl sites for hydroxylation is 2. The summed E-state index contributed by atoms with van der Waals surface area (Å²) in [5, 5.41) is 0. The molecule has 2 rings (SSSR count). The second-order valence-electron chi connectivity index (χ2n) is 6.01. The van der Waals surface area contributed by atoms with Crippen LogP contribution in [-0.2, 0) is 6.42 Å². The Bertz CT molecular complexity index is 379. The van der Waals surface area contributed by atoms with Crippen LogP contribution in [0.3, 0.4) is 0 Å². The van der Waals surface area contributed by atoms with Gasteiger partial charge in [0.05, 0.1) is 6.61 Å². The van der Waals surface area contributed by atoms with Gasteiger partial charge in [-0.25, -0.2) is 0 Å². The zero-order valence-corrected chi connectivity index (χ0v) is 12.6. The fourth-order valence-electron chi connectivity index (χ4n) is 2.46. The van der Waals surface area contributed by atoms with Crippen molar-refractivity contribution in [3.63, 3.8) is 0 Å². The van der Waals surface area contributed by atoms with Gasteiger partial charge in [0.1, 0.15) is 5.75 Å². The molecule has 0 saturated heterocycles. The predicted molar refractivity (Wildman–Crippen MR) is 81.9 cm³/mol. The van der Waals surface area contributed by atoms with Gasteiger partial charge in [-0.05, 0) is 61.8 Å². The number of benzene rings is 1. The molecule has 0 aliphatic heterocycles. The van der Waals surface area contributed by atoms with E-state index in [1.165, 1.54) is 62.5 Å². The van der Waals surface area contributed by atoms with Crippen molar-refractivity contribution in [3.05, 3.63) is 29.3 Å². The Morgan fingerprint density at radius 2 is 1.89 bits per heavy atom. The summed E-state index contributed by atoms with van der Waals surface area (Å²) >= 11 is 0. The first-order valence-electron chi connectivity index (χ1n) is 8.02. The first kappa shape index (κ1) is 14.4. The van der Waals surface area contributed by atoms with Crippen LogP contribution in [0.5, 0.6) is 5.75 Å². The number of hydrogen-bond donors (Lipinski definition) is 0. The van der Waals surface area contributed by atoms with Gasteiger partial charge in [-0.1, -0.05) is 38.7 Å². The maximum Gasteiger partial charge on any atom is 0.119 e. The van der Waals surface area contributed by atoms with Crippen molar-refractivity contribution in [1.82, 2.24) is 0 Å². The summed E-state index contributed by atoms with van der Waals surface area (Å²) < 4.78 is 5.82. The summed E-state index contributed by atoms with van der Waals surface area (Å²) in [4.78, 5) is 0. The topological polar surface area (TPSA) is 9.23 Å². The summed E-state index contributed by atoms with van der Waals surface area (Å²) in [6, 6.07) is 6.62. The molecule has 1 aliphatic rings. The van der Waals surface area contributed by atoms with Gasteiger partial charge >= 0.3 is 0 Å². The number of unbranched alkanes of at least 4 members (excludes halogenated alkanes) is 4. The highest BCUT2D eigenvalue weighted by molar-refractivity contribution is 5.34. The first-order valence-corrected chi connectivity index (χ1v) is 8.02. The molecular formula is C18H28O. The number of rotatable bonds is 9. The van der Waals surface area contributed by atoms with Crippen LogP contribution in [0.4, 0.5) is 0 Å². The van der Waals surface area contributed by atoms with E-state index in [4.69, 9.17) is 4.74 Å². The third-order valence-electron chi connectivity index (χ3n) is 4.05. The van der Waals surface area contributed by atoms with E-state index in [1.54, 1.807) is 0 Å². The molecule has 0 radical (unpaired) electrons. The molecule has 1 aromatic rings. The number of hydrogen-bond acceptors (Lipinski definition) is 1. The van der Waals surface area contributed by atoms with E-state index >= 15 is 0 Å². The minimum atomic E-state index is 0.832. The van der Waals surface area contributed by atoms with Gasteiger partial charge in [0.15, 0.2) is 0 Å². The zero-order chi connectivity index (χ0) is 13.5. The van der Waals surface area contributed by atoms with E-state index < -0.39 is 0 Å². The molecule has 1 saturated carbocycles. The second-order valence-corrected chi connectivity index (χ2v) is 6.01. The lowest BCUT2D eigenvalue weighted by Crippen LogP contribution is -2.00. The molecule has 0 N–H and O–H groups in total. The van der Waals surface area contributed by atoms with Crippen molar-refractivity contribution in [3.8, 4) is 5.75 Å². The Morgan fingerprint density at radius 1 is 1.11 bits per heavy atom. The van der Waals surface area contributed by atoms with Crippen LogP contribution in [0.25, 0.3) is 0 Å². The fourth-order valence-corrected chi connectivity index (χ4v) is 2.46. The quantitative estimate of drug-likeness (QED) is 0.548. The third-order valence-corrected chi connectivity index (χ3v) is 4.05. The van der Waals surface area contributed by atoms with E-state index in [2.05, 4.69) is 32.0 Å². The molecule has 1 heteroatoms. The molecule has 0 bridgehead atoms. The molecule has 0 atom stereocenters. The largest absolute Gasteiger partial charge is 0.493 e. The molecule has 19 heavy (non-hydrogen) atoms. The average molecular weight is 260 g/mol. The second kappa shape index (κ2) is 7.57. The summed E-state index contributed by atoms with van der Waals surface area (Å²) in [6.45, 7) is 5.39. The standard InChI is InChI=1S/C18H28O/c1-3-4-5-6-7-8-17-11-12-18(13-15(17)2)19-14-16-9-10-16/h11-13,16H,3-10,14H2,1-2H3. The Balaban J connectivity index is 1.73. The van der Waals surface area contributed by atoms with Gasteiger partial charge in [0.25, 0.3) is 0 Å². The van der Waals surface area contributed by atoms with Crippen molar-refractivity contribution >= 4 is 0 Å². The molecule has 1 fully saturated rings. The molecule has 0 unspecified atom stereocenters. The summed E-state index contributed by atoms with van der Waals surface area (Å²) in [7, 11) is 0. The molecule has 106 valence electrons. The molecule has 0 aromatic heterocycles. The van der Waals surface area contributed by atoms with Crippen LogP contribution >= 0.6 is 0 Å². The van der Waals surface area contributed by atoms with Crippen molar-refractivity contribution in [1.29, 1.82) is 0 Å². The minimum absolute atomic E-state index is 0.832. The monoisotopic (exact) mass is 260 g/mol. The number of ether oxygens (including phenoxy) is 1. The predicted octanol–water partition coefficient (Wildman–Crippen LogP) is 5.30. The highest BCUT2D eigenvalue weighted by atomic mass is 16.5. The molecule has 1 nitrogen and oxygen atoms in total.